The third kappa shape index (κ3) is 24.2. The number of hydrogen-bond acceptors (Lipinski definition) is 28. The van der Waals surface area contributed by atoms with Gasteiger partial charge in [0.1, 0.15) is 68.6 Å². The van der Waals surface area contributed by atoms with Crippen molar-refractivity contribution in [2.75, 3.05) is 33.0 Å². The molecule has 0 spiro atoms. The lowest BCUT2D eigenvalue weighted by atomic mass is 9.87. The van der Waals surface area contributed by atoms with Crippen molar-refractivity contribution < 1.29 is 134 Å². The molecule has 3 fully saturated rings. The van der Waals surface area contributed by atoms with Gasteiger partial charge in [0.2, 0.25) is 5.91 Å². The lowest BCUT2D eigenvalue weighted by Gasteiger charge is -2.52. The molecule has 3 aliphatic rings. The molecule has 0 radical (unpaired) electrons. The number of hydrogen-bond donors (Lipinski definition) is 3. The van der Waals surface area contributed by atoms with Gasteiger partial charge in [0.15, 0.2) is 43.1 Å². The van der Waals surface area contributed by atoms with Crippen LogP contribution in [-0.4, -0.2) is 219 Å². The van der Waals surface area contributed by atoms with Gasteiger partial charge < -0.3 is 91.5 Å². The monoisotopic (exact) mass is 1420 g/mol. The van der Waals surface area contributed by atoms with Crippen LogP contribution in [0.3, 0.4) is 0 Å². The summed E-state index contributed by atoms with van der Waals surface area (Å²) in [5.74, 6) is -15.4. The Morgan fingerprint density at radius 2 is 1.27 bits per heavy atom. The largest absolute Gasteiger partial charge is 0.464 e. The van der Waals surface area contributed by atoms with Crippen LogP contribution in [0.1, 0.15) is 84.7 Å². The first kappa shape index (κ1) is 79.1. The number of aliphatic hydroxyl groups excluding tert-OH is 1. The number of carbonyl (C=O) groups is 11. The first-order valence-electron chi connectivity index (χ1n) is 30.0. The lowest BCUT2D eigenvalue weighted by Crippen LogP contribution is -2.72. The standard InChI is InChI=1S/C61H81Cl3N2O28Si/c1-13-79-54(75)31(2)81-28-42-47(74)50(46(66-58(77)61(62,63)64)56(90-42)80-24-25-95(10,11)12)92-57-53(89-38(9)73)52(49(88-37(8)72)44(91-57)30-83-55(76)40-22-18-15-19-23-40)94-60(59(78)84-27-39-20-16-14-17-21-39)26-41(85-34(5)69)45(65-32(3)67)51(93-60)48(87-36(7)71)43(86-35(6)70)29-82-33(4)68/h14-23,31,41-53,56-57,74H,13,24-30H2,1-12H3,(H,65,67)(H,66,77)/t31-,41+,42-,43-,44-,45-,46-,47+,48-,49+,50-,51-,52+,53-,56-,57+,60+/m1/s1. The van der Waals surface area contributed by atoms with Gasteiger partial charge in [-0.2, -0.15) is 0 Å². The van der Waals surface area contributed by atoms with Gasteiger partial charge in [-0.25, -0.2) is 14.4 Å². The summed E-state index contributed by atoms with van der Waals surface area (Å²) >= 11 is 18.5. The van der Waals surface area contributed by atoms with Crippen molar-refractivity contribution in [2.24, 2.45) is 0 Å². The Kier molecular flexibility index (Phi) is 30.0. The van der Waals surface area contributed by atoms with Gasteiger partial charge in [-0.15, -0.1) is 0 Å². The normalized spacial score (nSPS) is 26.9. The Labute approximate surface area is 563 Å². The molecule has 2 aromatic carbocycles. The van der Waals surface area contributed by atoms with E-state index in [4.69, 9.17) is 111 Å². The highest BCUT2D eigenvalue weighted by molar-refractivity contribution is 6.76. The zero-order valence-electron chi connectivity index (χ0n) is 54.3. The van der Waals surface area contributed by atoms with E-state index in [9.17, 15) is 53.1 Å². The van der Waals surface area contributed by atoms with Crippen LogP contribution < -0.4 is 10.6 Å². The summed E-state index contributed by atoms with van der Waals surface area (Å²) in [5, 5.41) is 17.7. The second-order valence-corrected chi connectivity index (χ2v) is 31.2. The fourth-order valence-corrected chi connectivity index (χ4v) is 11.0. The van der Waals surface area contributed by atoms with E-state index in [0.717, 1.165) is 48.5 Å². The molecule has 0 bridgehead atoms. The molecule has 2 aromatic rings. The molecular weight excluding hydrogens is 1340 g/mol. The number of rotatable bonds is 30. The summed E-state index contributed by atoms with van der Waals surface area (Å²) in [6.45, 7) is 12.4. The van der Waals surface area contributed by atoms with E-state index in [1.54, 1.807) is 43.3 Å². The van der Waals surface area contributed by atoms with E-state index < -0.39 is 214 Å². The molecule has 2 amide bonds. The molecule has 30 nitrogen and oxygen atoms in total. The van der Waals surface area contributed by atoms with Gasteiger partial charge in [0, 0.05) is 63.1 Å². The quantitative estimate of drug-likeness (QED) is 0.0435. The molecule has 0 aromatic heterocycles. The Morgan fingerprint density at radius 3 is 1.83 bits per heavy atom. The van der Waals surface area contributed by atoms with Crippen LogP contribution in [-0.2, 0) is 130 Å². The Hall–Kier alpha value is -6.62. The maximum atomic E-state index is 15.8. The maximum absolute atomic E-state index is 15.8. The topological polar surface area (TPSA) is 380 Å². The van der Waals surface area contributed by atoms with Gasteiger partial charge in [-0.3, -0.25) is 38.4 Å². The van der Waals surface area contributed by atoms with Crippen molar-refractivity contribution in [1.82, 2.24) is 10.6 Å². The number of amides is 2. The van der Waals surface area contributed by atoms with E-state index >= 15 is 4.79 Å². The van der Waals surface area contributed by atoms with Gasteiger partial charge in [0.25, 0.3) is 15.5 Å². The number of ether oxygens (including phenoxy) is 16. The van der Waals surface area contributed by atoms with E-state index in [2.05, 4.69) is 10.6 Å². The molecule has 0 saturated carbocycles. The molecule has 3 heterocycles. The summed E-state index contributed by atoms with van der Waals surface area (Å²) < 4.78 is 94.1. The first-order valence-corrected chi connectivity index (χ1v) is 34.8. The highest BCUT2D eigenvalue weighted by atomic mass is 35.6. The molecule has 528 valence electrons. The van der Waals surface area contributed by atoms with Crippen LogP contribution in [0.2, 0.25) is 25.7 Å². The van der Waals surface area contributed by atoms with Gasteiger partial charge in [-0.05, 0) is 37.6 Å². The third-order valence-corrected chi connectivity index (χ3v) is 16.4. The average molecular weight is 1420 g/mol. The summed E-state index contributed by atoms with van der Waals surface area (Å²) in [5.41, 5.74) is 0.332. The molecule has 5 rings (SSSR count). The minimum Gasteiger partial charge on any atom is -0.464 e. The van der Waals surface area contributed by atoms with Crippen molar-refractivity contribution in [3.63, 3.8) is 0 Å². The fraction of sp³-hybridized carbons (Fsp3) is 0.623. The van der Waals surface area contributed by atoms with Crippen LogP contribution in [0, 0.1) is 0 Å². The van der Waals surface area contributed by atoms with Crippen LogP contribution in [0.25, 0.3) is 0 Å². The smallest absolute Gasteiger partial charge is 0.367 e. The van der Waals surface area contributed by atoms with Crippen LogP contribution >= 0.6 is 34.8 Å². The Bertz CT molecular complexity index is 2980. The second kappa shape index (κ2) is 36.1. The van der Waals surface area contributed by atoms with E-state index in [1.807, 2.05) is 19.6 Å². The third-order valence-electron chi connectivity index (χ3n) is 14.2. The summed E-state index contributed by atoms with van der Waals surface area (Å²) in [6, 6.07) is 12.3. The summed E-state index contributed by atoms with van der Waals surface area (Å²) in [4.78, 5) is 149. The average Bonchev–Trinajstić information content (AvgIpc) is 0.744. The molecular formula is C61H81Cl3N2O28Si. The molecule has 3 aliphatic heterocycles. The number of nitrogens with one attached hydrogen (secondary N) is 2. The summed E-state index contributed by atoms with van der Waals surface area (Å²) in [7, 11) is -1.96. The van der Waals surface area contributed by atoms with Crippen molar-refractivity contribution in [3.05, 3.63) is 71.8 Å². The minimum absolute atomic E-state index is 0.00982. The number of halogens is 3. The predicted octanol–water partition coefficient (Wildman–Crippen LogP) is 3.56. The zero-order valence-corrected chi connectivity index (χ0v) is 57.5. The minimum atomic E-state index is -3.27. The van der Waals surface area contributed by atoms with Gasteiger partial charge in [0.05, 0.1) is 31.2 Å². The molecule has 0 unspecified atom stereocenters. The van der Waals surface area contributed by atoms with E-state index in [1.165, 1.54) is 31.2 Å². The van der Waals surface area contributed by atoms with Crippen molar-refractivity contribution in [2.45, 2.75) is 209 Å². The fourth-order valence-electron chi connectivity index (χ4n) is 10.1. The highest BCUT2D eigenvalue weighted by Gasteiger charge is 2.64. The van der Waals surface area contributed by atoms with Crippen molar-refractivity contribution in [3.8, 4) is 0 Å². The molecule has 17 atom stereocenters. The molecule has 0 aliphatic carbocycles. The molecule has 3 N–H and O–H groups in total. The van der Waals surface area contributed by atoms with Gasteiger partial charge in [-0.1, -0.05) is 103 Å². The SMILES string of the molecule is CCOC(=O)[C@@H](C)OC[C@H]1O[C@@H](OCC[Si](C)(C)C)[C@H](NC(=O)C(Cl)(Cl)Cl)[C@@H](O[C@@H]2O[C@H](COC(=O)c3ccccc3)[C@H](OC(C)=O)[C@H](O[C@]3(C(=O)OCc4ccccc4)C[C@H](OC(C)=O)[C@@H](NC(C)=O)[C@H]([C@H](OC(C)=O)[C@@H](COC(C)=O)OC(C)=O)O3)[C@H]2OC(C)=O)[C@H]1O. The molecule has 3 saturated heterocycles. The maximum Gasteiger partial charge on any atom is 0.367 e. The number of benzene rings is 2. The van der Waals surface area contributed by atoms with Crippen molar-refractivity contribution in [1.29, 1.82) is 0 Å². The van der Waals surface area contributed by atoms with Crippen LogP contribution in [0.15, 0.2) is 60.7 Å². The molecule has 95 heavy (non-hydrogen) atoms. The number of alkyl halides is 3. The van der Waals surface area contributed by atoms with Crippen LogP contribution in [0.5, 0.6) is 0 Å². The number of carbonyl (C=O) groups excluding carboxylic acids is 11. The highest BCUT2D eigenvalue weighted by Crippen LogP contribution is 2.43. The zero-order chi connectivity index (χ0) is 70.7. The number of aliphatic hydroxyl groups is 1. The first-order chi connectivity index (χ1) is 44.5. The van der Waals surface area contributed by atoms with E-state index in [-0.39, 0.29) is 18.8 Å². The Balaban J connectivity index is 1.88. The van der Waals surface area contributed by atoms with Crippen molar-refractivity contribution >= 4 is 108 Å². The Morgan fingerprint density at radius 1 is 0.674 bits per heavy atom. The summed E-state index contributed by atoms with van der Waals surface area (Å²) in [6.07, 6.45) is -28.9. The number of esters is 9. The molecule has 34 heteroatoms. The lowest BCUT2D eigenvalue weighted by molar-refractivity contribution is -0.382. The predicted molar refractivity (Wildman–Crippen MR) is 329 cm³/mol. The van der Waals surface area contributed by atoms with Crippen LogP contribution in [0.4, 0.5) is 0 Å². The van der Waals surface area contributed by atoms with E-state index in [0.29, 0.717) is 11.6 Å². The second-order valence-electron chi connectivity index (χ2n) is 23.3. The van der Waals surface area contributed by atoms with Gasteiger partial charge >= 0.3 is 53.7 Å².